The van der Waals surface area contributed by atoms with Gasteiger partial charge in [-0.25, -0.2) is 0 Å². The van der Waals surface area contributed by atoms with Gasteiger partial charge in [0, 0.05) is 12.1 Å². The number of nitrogens with zero attached hydrogens (tertiary/aromatic N) is 1. The van der Waals surface area contributed by atoms with Gasteiger partial charge in [0.25, 0.3) is 0 Å². The van der Waals surface area contributed by atoms with Gasteiger partial charge in [-0.05, 0) is 54.6 Å². The van der Waals surface area contributed by atoms with Gasteiger partial charge in [0.15, 0.2) is 0 Å². The summed E-state index contributed by atoms with van der Waals surface area (Å²) in [5.74, 6) is 0.921. The predicted molar refractivity (Wildman–Crippen MR) is 104 cm³/mol. The van der Waals surface area contributed by atoms with E-state index in [9.17, 15) is 5.26 Å². The fourth-order valence-corrected chi connectivity index (χ4v) is 3.91. The van der Waals surface area contributed by atoms with E-state index in [1.54, 1.807) is 0 Å². The average Bonchev–Trinajstić information content (AvgIpc) is 2.66. The highest BCUT2D eigenvalue weighted by molar-refractivity contribution is 5.73. The summed E-state index contributed by atoms with van der Waals surface area (Å²) in [6.45, 7) is 4.06. The van der Waals surface area contributed by atoms with Crippen LogP contribution in [0.5, 0.6) is 0 Å². The maximum Gasteiger partial charge on any atom is 0.0998 e. The summed E-state index contributed by atoms with van der Waals surface area (Å²) in [7, 11) is 0. The molecule has 0 aromatic heterocycles. The van der Waals surface area contributed by atoms with E-state index in [0.717, 1.165) is 35.7 Å². The fourth-order valence-electron chi connectivity index (χ4n) is 3.91. The lowest BCUT2D eigenvalue weighted by molar-refractivity contribution is 0.334. The molecule has 0 amide bonds. The van der Waals surface area contributed by atoms with E-state index in [1.807, 2.05) is 18.2 Å². The fraction of sp³-hybridized carbons (Fsp3) is 0.435. The molecule has 2 aromatic carbocycles. The van der Waals surface area contributed by atoms with Crippen LogP contribution in [0.15, 0.2) is 42.5 Å². The first-order valence-electron chi connectivity index (χ1n) is 9.57. The van der Waals surface area contributed by atoms with Gasteiger partial charge in [-0.2, -0.15) is 5.26 Å². The van der Waals surface area contributed by atoms with E-state index in [4.69, 9.17) is 0 Å². The van der Waals surface area contributed by atoms with Crippen molar-refractivity contribution in [2.24, 2.45) is 5.92 Å². The van der Waals surface area contributed by atoms with Gasteiger partial charge in [-0.1, -0.05) is 62.4 Å². The Morgan fingerprint density at radius 2 is 1.84 bits per heavy atom. The molecule has 0 saturated heterocycles. The van der Waals surface area contributed by atoms with Crippen LogP contribution in [-0.4, -0.2) is 6.54 Å². The van der Waals surface area contributed by atoms with Crippen molar-refractivity contribution in [1.82, 2.24) is 5.32 Å². The molecule has 2 nitrogen and oxygen atoms in total. The van der Waals surface area contributed by atoms with Crippen LogP contribution in [-0.2, 0) is 6.54 Å². The third kappa shape index (κ3) is 4.71. The van der Waals surface area contributed by atoms with Crippen LogP contribution >= 0.6 is 0 Å². The van der Waals surface area contributed by atoms with E-state index >= 15 is 0 Å². The molecule has 0 unspecified atom stereocenters. The van der Waals surface area contributed by atoms with Gasteiger partial charge in [-0.3, -0.25) is 0 Å². The van der Waals surface area contributed by atoms with E-state index < -0.39 is 0 Å². The van der Waals surface area contributed by atoms with Crippen LogP contribution in [0.2, 0.25) is 0 Å². The summed E-state index contributed by atoms with van der Waals surface area (Å²) in [6.07, 6.45) is 8.38. The molecule has 0 atom stereocenters. The monoisotopic (exact) mass is 332 g/mol. The highest BCUT2D eigenvalue weighted by atomic mass is 14.8. The number of nitriles is 1. The molecular formula is C23H28N2. The molecule has 0 bridgehead atoms. The van der Waals surface area contributed by atoms with Gasteiger partial charge in [0.1, 0.15) is 0 Å². The molecule has 1 aliphatic carbocycles. The molecule has 3 rings (SSSR count). The highest BCUT2D eigenvalue weighted by Gasteiger charge is 2.13. The van der Waals surface area contributed by atoms with Crippen molar-refractivity contribution in [3.63, 3.8) is 0 Å². The average molecular weight is 332 g/mol. The topological polar surface area (TPSA) is 35.8 Å². The molecule has 25 heavy (non-hydrogen) atoms. The lowest BCUT2D eigenvalue weighted by Crippen LogP contribution is -2.19. The summed E-state index contributed by atoms with van der Waals surface area (Å²) < 4.78 is 0. The maximum absolute atomic E-state index is 9.45. The highest BCUT2D eigenvalue weighted by Crippen LogP contribution is 2.28. The van der Waals surface area contributed by atoms with Gasteiger partial charge < -0.3 is 5.32 Å². The zero-order chi connectivity index (χ0) is 17.5. The van der Waals surface area contributed by atoms with Crippen LogP contribution in [0, 0.1) is 24.2 Å². The van der Waals surface area contributed by atoms with Crippen molar-refractivity contribution in [3.8, 4) is 17.2 Å². The first-order valence-corrected chi connectivity index (χ1v) is 9.57. The lowest BCUT2D eigenvalue weighted by atomic mass is 9.87. The number of aryl methyl sites for hydroxylation is 1. The van der Waals surface area contributed by atoms with E-state index in [0.29, 0.717) is 0 Å². The first-order chi connectivity index (χ1) is 12.3. The summed E-state index contributed by atoms with van der Waals surface area (Å²) in [5, 5.41) is 13.1. The van der Waals surface area contributed by atoms with Crippen molar-refractivity contribution >= 4 is 0 Å². The van der Waals surface area contributed by atoms with Crippen molar-refractivity contribution in [2.75, 3.05) is 6.54 Å². The zero-order valence-electron chi connectivity index (χ0n) is 15.2. The number of hydrogen-bond acceptors (Lipinski definition) is 2. The van der Waals surface area contributed by atoms with E-state index in [2.05, 4.69) is 42.6 Å². The Labute approximate surface area is 151 Å². The zero-order valence-corrected chi connectivity index (χ0v) is 15.2. The standard InChI is InChI=1S/C23H28N2/c1-18-7-5-6-10-22(18)23-15-20(11-12-21(23)16-24)17-25-14-13-19-8-3-2-4-9-19/h5-7,10-12,15,19,25H,2-4,8-9,13-14,17H2,1H3. The summed E-state index contributed by atoms with van der Waals surface area (Å²) in [5.41, 5.74) is 5.41. The van der Waals surface area contributed by atoms with Gasteiger partial charge >= 0.3 is 0 Å². The number of rotatable bonds is 6. The first kappa shape index (κ1) is 17.7. The normalized spacial score (nSPS) is 15.0. The van der Waals surface area contributed by atoms with E-state index in [-0.39, 0.29) is 0 Å². The molecule has 1 N–H and O–H groups in total. The largest absolute Gasteiger partial charge is 0.313 e. The summed E-state index contributed by atoms with van der Waals surface area (Å²) >= 11 is 0. The van der Waals surface area contributed by atoms with Crippen LogP contribution in [0.1, 0.15) is 55.2 Å². The minimum absolute atomic E-state index is 0.750. The quantitative estimate of drug-likeness (QED) is 0.700. The van der Waals surface area contributed by atoms with E-state index in [1.165, 1.54) is 49.7 Å². The molecule has 2 aromatic rings. The van der Waals surface area contributed by atoms with Crippen LogP contribution in [0.3, 0.4) is 0 Å². The van der Waals surface area contributed by atoms with Crippen LogP contribution in [0.4, 0.5) is 0 Å². The summed E-state index contributed by atoms with van der Waals surface area (Å²) in [4.78, 5) is 0. The Kier molecular flexibility index (Phi) is 6.25. The summed E-state index contributed by atoms with van der Waals surface area (Å²) in [6, 6.07) is 16.8. The number of hydrogen-bond donors (Lipinski definition) is 1. The van der Waals surface area contributed by atoms with Crippen molar-refractivity contribution in [3.05, 3.63) is 59.2 Å². The molecule has 1 saturated carbocycles. The molecule has 0 spiro atoms. The van der Waals surface area contributed by atoms with Crippen molar-refractivity contribution < 1.29 is 0 Å². The minimum atomic E-state index is 0.750. The Morgan fingerprint density at radius 3 is 2.60 bits per heavy atom. The van der Waals surface area contributed by atoms with Gasteiger partial charge in [0.05, 0.1) is 11.6 Å². The number of nitrogens with one attached hydrogen (secondary N) is 1. The molecule has 0 aliphatic heterocycles. The van der Waals surface area contributed by atoms with Crippen LogP contribution < -0.4 is 5.32 Å². The van der Waals surface area contributed by atoms with Gasteiger partial charge in [-0.15, -0.1) is 0 Å². The predicted octanol–water partition coefficient (Wildman–Crippen LogP) is 5.59. The third-order valence-corrected chi connectivity index (χ3v) is 5.42. The van der Waals surface area contributed by atoms with Gasteiger partial charge in [0.2, 0.25) is 0 Å². The Balaban J connectivity index is 1.64. The minimum Gasteiger partial charge on any atom is -0.313 e. The van der Waals surface area contributed by atoms with Crippen molar-refractivity contribution in [2.45, 2.75) is 52.0 Å². The Bertz CT molecular complexity index is 736. The maximum atomic E-state index is 9.45. The molecule has 1 aliphatic rings. The second-order valence-electron chi connectivity index (χ2n) is 7.28. The van der Waals surface area contributed by atoms with Crippen molar-refractivity contribution in [1.29, 1.82) is 5.26 Å². The molecule has 2 heteroatoms. The van der Waals surface area contributed by atoms with Crippen LogP contribution in [0.25, 0.3) is 11.1 Å². The Hall–Kier alpha value is -2.11. The molecule has 1 fully saturated rings. The molecule has 0 radical (unpaired) electrons. The second kappa shape index (κ2) is 8.83. The SMILES string of the molecule is Cc1ccccc1-c1cc(CNCCC2CCCCC2)ccc1C#N. The lowest BCUT2D eigenvalue weighted by Gasteiger charge is -2.21. The number of benzene rings is 2. The Morgan fingerprint density at radius 1 is 1.04 bits per heavy atom. The third-order valence-electron chi connectivity index (χ3n) is 5.42. The molecule has 0 heterocycles. The molecule has 130 valence electrons. The smallest absolute Gasteiger partial charge is 0.0998 e. The second-order valence-corrected chi connectivity index (χ2v) is 7.28. The molecular weight excluding hydrogens is 304 g/mol.